The minimum Gasteiger partial charge on any atom is -0.258 e. The van der Waals surface area contributed by atoms with Gasteiger partial charge in [-0.25, -0.2) is 0 Å². The molecule has 82 valence electrons. The number of hydrogen-bond acceptors (Lipinski definition) is 3. The summed E-state index contributed by atoms with van der Waals surface area (Å²) < 4.78 is 0. The van der Waals surface area contributed by atoms with Gasteiger partial charge in [-0.1, -0.05) is 26.0 Å². The summed E-state index contributed by atoms with van der Waals surface area (Å²) in [5.41, 5.74) is 1.48. The molecule has 0 heterocycles. The number of nitro benzene ring substituents is 1. The maximum absolute atomic E-state index is 10.9. The van der Waals surface area contributed by atoms with Gasteiger partial charge in [0.25, 0.3) is 5.69 Å². The van der Waals surface area contributed by atoms with E-state index in [1.54, 1.807) is 18.2 Å². The molecule has 0 unspecified atom stereocenters. The molecule has 0 fully saturated rings. The summed E-state index contributed by atoms with van der Waals surface area (Å²) in [6.45, 7) is 3.82. The molecule has 0 spiro atoms. The van der Waals surface area contributed by atoms with Crippen LogP contribution in [0.2, 0.25) is 0 Å². The van der Waals surface area contributed by atoms with Crippen LogP contribution >= 0.6 is 0 Å². The van der Waals surface area contributed by atoms with Crippen molar-refractivity contribution in [2.75, 3.05) is 0 Å². The van der Waals surface area contributed by atoms with Gasteiger partial charge in [0.2, 0.25) is 0 Å². The molecule has 1 aromatic rings. The molecule has 0 aliphatic carbocycles. The number of allylic oxidation sites excluding steroid dienone is 1. The zero-order chi connectivity index (χ0) is 12.1. The molecule has 0 saturated carbocycles. The molecule has 1 rings (SSSR count). The van der Waals surface area contributed by atoms with Crippen molar-refractivity contribution in [3.05, 3.63) is 45.5 Å². The Hall–Kier alpha value is -2.15. The van der Waals surface area contributed by atoms with Crippen LogP contribution in [0.15, 0.2) is 24.3 Å². The SMILES string of the molecule is CC(C)c1ccc(/C=C/C#N)cc1[N+](=O)[O-]. The normalized spacial score (nSPS) is 10.6. The van der Waals surface area contributed by atoms with Crippen LogP contribution < -0.4 is 0 Å². The first-order valence-electron chi connectivity index (χ1n) is 4.90. The molecule has 16 heavy (non-hydrogen) atoms. The molecule has 0 aliphatic heterocycles. The fourth-order valence-electron chi connectivity index (χ4n) is 1.44. The van der Waals surface area contributed by atoms with Gasteiger partial charge < -0.3 is 0 Å². The van der Waals surface area contributed by atoms with Gasteiger partial charge in [0.15, 0.2) is 0 Å². The largest absolute Gasteiger partial charge is 0.273 e. The van der Waals surface area contributed by atoms with E-state index in [2.05, 4.69) is 0 Å². The predicted molar refractivity (Wildman–Crippen MR) is 61.8 cm³/mol. The van der Waals surface area contributed by atoms with E-state index >= 15 is 0 Å². The molecular formula is C12H12N2O2. The van der Waals surface area contributed by atoms with Crippen molar-refractivity contribution in [2.24, 2.45) is 0 Å². The van der Waals surface area contributed by atoms with Crippen LogP contribution in [0.3, 0.4) is 0 Å². The van der Waals surface area contributed by atoms with E-state index in [1.807, 2.05) is 19.9 Å². The van der Waals surface area contributed by atoms with Crippen LogP contribution in [0.1, 0.15) is 30.9 Å². The van der Waals surface area contributed by atoms with Crippen molar-refractivity contribution in [2.45, 2.75) is 19.8 Å². The van der Waals surface area contributed by atoms with Crippen LogP contribution in [0.25, 0.3) is 6.08 Å². The Balaban J connectivity index is 3.24. The van der Waals surface area contributed by atoms with E-state index in [0.717, 1.165) is 0 Å². The van der Waals surface area contributed by atoms with E-state index in [0.29, 0.717) is 11.1 Å². The summed E-state index contributed by atoms with van der Waals surface area (Å²) >= 11 is 0. The van der Waals surface area contributed by atoms with Crippen LogP contribution in [0.4, 0.5) is 5.69 Å². The van der Waals surface area contributed by atoms with Crippen LogP contribution in [0, 0.1) is 21.4 Å². The van der Waals surface area contributed by atoms with Crippen LogP contribution in [-0.4, -0.2) is 4.92 Å². The van der Waals surface area contributed by atoms with Gasteiger partial charge in [0.1, 0.15) is 0 Å². The minimum atomic E-state index is -0.390. The molecule has 4 nitrogen and oxygen atoms in total. The Morgan fingerprint density at radius 3 is 2.69 bits per heavy atom. The first kappa shape index (κ1) is 11.9. The standard InChI is InChI=1S/C12H12N2O2/c1-9(2)11-6-5-10(4-3-7-13)8-12(11)14(15)16/h3-6,8-9H,1-2H3/b4-3+. The number of nitrogens with zero attached hydrogens (tertiary/aromatic N) is 2. The Bertz CT molecular complexity index is 470. The summed E-state index contributed by atoms with van der Waals surface area (Å²) in [6, 6.07) is 6.85. The lowest BCUT2D eigenvalue weighted by Gasteiger charge is -2.06. The molecule has 4 heteroatoms. The highest BCUT2D eigenvalue weighted by atomic mass is 16.6. The maximum atomic E-state index is 10.9. The van der Waals surface area contributed by atoms with E-state index in [9.17, 15) is 10.1 Å². The smallest absolute Gasteiger partial charge is 0.258 e. The molecule has 0 radical (unpaired) electrons. The summed E-state index contributed by atoms with van der Waals surface area (Å²) in [4.78, 5) is 10.5. The highest BCUT2D eigenvalue weighted by Gasteiger charge is 2.16. The highest BCUT2D eigenvalue weighted by Crippen LogP contribution is 2.27. The number of nitro groups is 1. The molecular weight excluding hydrogens is 204 g/mol. The first-order chi connectivity index (χ1) is 7.56. The monoisotopic (exact) mass is 216 g/mol. The van der Waals surface area contributed by atoms with E-state index in [4.69, 9.17) is 5.26 Å². The van der Waals surface area contributed by atoms with Crippen LogP contribution in [0.5, 0.6) is 0 Å². The van der Waals surface area contributed by atoms with Gasteiger partial charge in [0, 0.05) is 17.7 Å². The Labute approximate surface area is 94.0 Å². The van der Waals surface area contributed by atoms with E-state index < -0.39 is 0 Å². The maximum Gasteiger partial charge on any atom is 0.273 e. The predicted octanol–water partition coefficient (Wildman–Crippen LogP) is 3.25. The molecule has 0 aromatic heterocycles. The van der Waals surface area contributed by atoms with Crippen molar-refractivity contribution in [3.63, 3.8) is 0 Å². The molecule has 0 saturated heterocycles. The van der Waals surface area contributed by atoms with Crippen molar-refractivity contribution in [1.29, 1.82) is 5.26 Å². The lowest BCUT2D eigenvalue weighted by Crippen LogP contribution is -1.97. The molecule has 0 bridgehead atoms. The number of nitriles is 1. The third-order valence-electron chi connectivity index (χ3n) is 2.22. The summed E-state index contributed by atoms with van der Waals surface area (Å²) in [7, 11) is 0. The number of hydrogen-bond donors (Lipinski definition) is 0. The second-order valence-corrected chi connectivity index (χ2v) is 3.69. The molecule has 0 aliphatic rings. The molecule has 0 amide bonds. The Kier molecular flexibility index (Phi) is 3.78. The molecule has 0 atom stereocenters. The Morgan fingerprint density at radius 1 is 1.50 bits per heavy atom. The average Bonchev–Trinajstić information content (AvgIpc) is 2.25. The zero-order valence-corrected chi connectivity index (χ0v) is 9.18. The van der Waals surface area contributed by atoms with Crippen LogP contribution in [-0.2, 0) is 0 Å². The number of rotatable bonds is 3. The Morgan fingerprint density at radius 2 is 2.19 bits per heavy atom. The second kappa shape index (κ2) is 5.08. The van der Waals surface area contributed by atoms with E-state index in [-0.39, 0.29) is 16.5 Å². The second-order valence-electron chi connectivity index (χ2n) is 3.69. The van der Waals surface area contributed by atoms with E-state index in [1.165, 1.54) is 12.1 Å². The summed E-state index contributed by atoms with van der Waals surface area (Å²) in [5, 5.41) is 19.2. The van der Waals surface area contributed by atoms with Gasteiger partial charge in [-0.3, -0.25) is 10.1 Å². The number of benzene rings is 1. The minimum absolute atomic E-state index is 0.106. The average molecular weight is 216 g/mol. The fourth-order valence-corrected chi connectivity index (χ4v) is 1.44. The highest BCUT2D eigenvalue weighted by molar-refractivity contribution is 5.58. The quantitative estimate of drug-likeness (QED) is 0.442. The summed E-state index contributed by atoms with van der Waals surface area (Å²) in [6.07, 6.45) is 2.85. The van der Waals surface area contributed by atoms with Crippen molar-refractivity contribution >= 4 is 11.8 Å². The lowest BCUT2D eigenvalue weighted by atomic mass is 9.99. The van der Waals surface area contributed by atoms with Gasteiger partial charge in [-0.2, -0.15) is 5.26 Å². The third-order valence-corrected chi connectivity index (χ3v) is 2.22. The van der Waals surface area contributed by atoms with Gasteiger partial charge in [0.05, 0.1) is 11.0 Å². The molecule has 1 aromatic carbocycles. The third kappa shape index (κ3) is 2.67. The van der Waals surface area contributed by atoms with Crippen molar-refractivity contribution in [3.8, 4) is 6.07 Å². The van der Waals surface area contributed by atoms with Gasteiger partial charge in [-0.05, 0) is 17.6 Å². The first-order valence-corrected chi connectivity index (χ1v) is 4.90. The summed E-state index contributed by atoms with van der Waals surface area (Å²) in [5.74, 6) is 0.106. The van der Waals surface area contributed by atoms with Crippen molar-refractivity contribution < 1.29 is 4.92 Å². The van der Waals surface area contributed by atoms with Gasteiger partial charge >= 0.3 is 0 Å². The van der Waals surface area contributed by atoms with Crippen molar-refractivity contribution in [1.82, 2.24) is 0 Å². The van der Waals surface area contributed by atoms with Gasteiger partial charge in [-0.15, -0.1) is 0 Å². The fraction of sp³-hybridized carbons (Fsp3) is 0.250. The molecule has 0 N–H and O–H groups in total. The topological polar surface area (TPSA) is 66.9 Å². The zero-order valence-electron chi connectivity index (χ0n) is 9.18. The lowest BCUT2D eigenvalue weighted by molar-refractivity contribution is -0.385.